The fraction of sp³-hybridized carbons (Fsp3) is 0.611. The minimum Gasteiger partial charge on any atom is -0.352 e. The van der Waals surface area contributed by atoms with E-state index in [0.29, 0.717) is 38.8 Å². The molecular weight excluding hydrogens is 421 g/mol. The number of amides is 1. The van der Waals surface area contributed by atoms with E-state index in [4.69, 9.17) is 0 Å². The lowest BCUT2D eigenvalue weighted by molar-refractivity contribution is -0.127. The summed E-state index contributed by atoms with van der Waals surface area (Å²) in [4.78, 5) is 12.7. The van der Waals surface area contributed by atoms with Crippen LogP contribution in [0.4, 0.5) is 4.39 Å². The Morgan fingerprint density at radius 3 is 2.28 bits per heavy atom. The summed E-state index contributed by atoms with van der Waals surface area (Å²) < 4.78 is 64.8. The summed E-state index contributed by atoms with van der Waals surface area (Å²) in [5, 5.41) is 2.89. The van der Waals surface area contributed by atoms with E-state index in [1.807, 2.05) is 0 Å². The van der Waals surface area contributed by atoms with Gasteiger partial charge in [0.25, 0.3) is 0 Å². The molecule has 2 aliphatic rings. The minimum absolute atomic E-state index is 0.00367. The molecule has 1 amide bonds. The molecule has 0 saturated carbocycles. The van der Waals surface area contributed by atoms with E-state index in [9.17, 15) is 26.0 Å². The van der Waals surface area contributed by atoms with Crippen LogP contribution >= 0.6 is 0 Å². The number of sulfonamides is 2. The molecule has 29 heavy (non-hydrogen) atoms. The van der Waals surface area contributed by atoms with Gasteiger partial charge in [-0.3, -0.25) is 4.79 Å². The lowest BCUT2D eigenvalue weighted by atomic mass is 9.97. The fourth-order valence-electron chi connectivity index (χ4n) is 3.81. The van der Waals surface area contributed by atoms with Crippen LogP contribution in [0, 0.1) is 11.7 Å². The molecule has 2 aliphatic heterocycles. The second-order valence-electron chi connectivity index (χ2n) is 7.62. The van der Waals surface area contributed by atoms with Crippen molar-refractivity contribution in [3.8, 4) is 0 Å². The van der Waals surface area contributed by atoms with E-state index in [-0.39, 0.29) is 29.9 Å². The van der Waals surface area contributed by atoms with Crippen molar-refractivity contribution in [2.75, 3.05) is 32.4 Å². The first kappa shape index (κ1) is 22.1. The van der Waals surface area contributed by atoms with Gasteiger partial charge in [0.05, 0.1) is 17.1 Å². The van der Waals surface area contributed by atoms with Crippen molar-refractivity contribution in [3.05, 3.63) is 30.1 Å². The highest BCUT2D eigenvalue weighted by atomic mass is 32.2. The second kappa shape index (κ2) is 8.66. The number of carbonyl (C=O) groups is 1. The van der Waals surface area contributed by atoms with Gasteiger partial charge in [-0.1, -0.05) is 0 Å². The largest absolute Gasteiger partial charge is 0.352 e. The van der Waals surface area contributed by atoms with E-state index in [1.54, 1.807) is 0 Å². The monoisotopic (exact) mass is 447 g/mol. The highest BCUT2D eigenvalue weighted by molar-refractivity contribution is 7.89. The lowest BCUT2D eigenvalue weighted by Gasteiger charge is -2.34. The summed E-state index contributed by atoms with van der Waals surface area (Å²) in [6.45, 7) is 1.02. The van der Waals surface area contributed by atoms with E-state index in [0.717, 1.165) is 18.4 Å². The molecular formula is C18H26FN3O5S2. The number of piperidine rings is 2. The lowest BCUT2D eigenvalue weighted by Crippen LogP contribution is -2.52. The molecule has 0 aromatic heterocycles. The summed E-state index contributed by atoms with van der Waals surface area (Å²) in [6, 6.07) is 4.34. The Morgan fingerprint density at radius 2 is 1.62 bits per heavy atom. The van der Waals surface area contributed by atoms with Gasteiger partial charge in [-0.15, -0.1) is 0 Å². The predicted octanol–water partition coefficient (Wildman–Crippen LogP) is 0.767. The van der Waals surface area contributed by atoms with Crippen LogP contribution in [0.1, 0.15) is 25.7 Å². The fourth-order valence-corrected chi connectivity index (χ4v) is 6.25. The van der Waals surface area contributed by atoms with Crippen LogP contribution in [0.25, 0.3) is 0 Å². The van der Waals surface area contributed by atoms with Crippen LogP contribution in [-0.2, 0) is 24.8 Å². The molecule has 1 aromatic carbocycles. The third-order valence-electron chi connectivity index (χ3n) is 5.41. The minimum atomic E-state index is -3.81. The maximum absolute atomic E-state index is 13.1. The van der Waals surface area contributed by atoms with E-state index in [2.05, 4.69) is 5.32 Å². The zero-order valence-corrected chi connectivity index (χ0v) is 17.9. The first-order chi connectivity index (χ1) is 13.6. The number of halogens is 1. The van der Waals surface area contributed by atoms with Crippen molar-refractivity contribution in [3.63, 3.8) is 0 Å². The molecule has 3 rings (SSSR count). The second-order valence-corrected chi connectivity index (χ2v) is 11.5. The Bertz CT molecular complexity index is 950. The number of nitrogens with one attached hydrogen (secondary N) is 1. The average Bonchev–Trinajstić information content (AvgIpc) is 2.68. The number of carbonyl (C=O) groups excluding carboxylic acids is 1. The molecule has 2 heterocycles. The molecule has 2 atom stereocenters. The topological polar surface area (TPSA) is 104 Å². The van der Waals surface area contributed by atoms with Crippen molar-refractivity contribution < 1.29 is 26.0 Å². The van der Waals surface area contributed by atoms with Gasteiger partial charge in [0.15, 0.2) is 0 Å². The Labute approximate surface area is 171 Å². The van der Waals surface area contributed by atoms with Gasteiger partial charge in [-0.05, 0) is 49.9 Å². The third kappa shape index (κ3) is 5.33. The van der Waals surface area contributed by atoms with Crippen LogP contribution < -0.4 is 5.32 Å². The van der Waals surface area contributed by atoms with Gasteiger partial charge in [-0.2, -0.15) is 4.31 Å². The summed E-state index contributed by atoms with van der Waals surface area (Å²) in [7, 11) is -7.12. The summed E-state index contributed by atoms with van der Waals surface area (Å²) in [6.07, 6.45) is 3.59. The Balaban J connectivity index is 1.64. The molecule has 8 nitrogen and oxygen atoms in total. The molecule has 2 fully saturated rings. The normalized spacial score (nSPS) is 24.9. The number of hydrogen-bond donors (Lipinski definition) is 1. The van der Waals surface area contributed by atoms with Crippen molar-refractivity contribution >= 4 is 26.0 Å². The van der Waals surface area contributed by atoms with Crippen molar-refractivity contribution in [2.45, 2.75) is 36.6 Å². The standard InChI is InChI=1S/C18H26FN3O5S2/c1-28(24,25)21-10-3-5-16(13-21)20-18(23)14-4-2-11-22(12-14)29(26,27)17-8-6-15(19)7-9-17/h6-9,14,16H,2-5,10-13H2,1H3,(H,20,23). The molecule has 0 bridgehead atoms. The number of rotatable bonds is 5. The Kier molecular flexibility index (Phi) is 6.61. The number of nitrogens with zero attached hydrogens (tertiary/aromatic N) is 2. The van der Waals surface area contributed by atoms with Crippen molar-refractivity contribution in [1.82, 2.24) is 13.9 Å². The Morgan fingerprint density at radius 1 is 1.00 bits per heavy atom. The third-order valence-corrected chi connectivity index (χ3v) is 8.55. The van der Waals surface area contributed by atoms with Crippen LogP contribution in [0.3, 0.4) is 0 Å². The molecule has 1 N–H and O–H groups in total. The maximum Gasteiger partial charge on any atom is 0.243 e. The van der Waals surface area contributed by atoms with Gasteiger partial charge in [0, 0.05) is 32.2 Å². The summed E-state index contributed by atoms with van der Waals surface area (Å²) in [5.74, 6) is -1.28. The quantitative estimate of drug-likeness (QED) is 0.718. The summed E-state index contributed by atoms with van der Waals surface area (Å²) >= 11 is 0. The van der Waals surface area contributed by atoms with Crippen molar-refractivity contribution in [2.24, 2.45) is 5.92 Å². The zero-order valence-electron chi connectivity index (χ0n) is 16.3. The molecule has 11 heteroatoms. The van der Waals surface area contributed by atoms with E-state index in [1.165, 1.54) is 20.7 Å². The van der Waals surface area contributed by atoms with Gasteiger partial charge in [0.2, 0.25) is 26.0 Å². The molecule has 0 aliphatic carbocycles. The van der Waals surface area contributed by atoms with Crippen LogP contribution in [-0.4, -0.2) is 69.8 Å². The van der Waals surface area contributed by atoms with Crippen LogP contribution in [0.5, 0.6) is 0 Å². The maximum atomic E-state index is 13.1. The van der Waals surface area contributed by atoms with Crippen LogP contribution in [0.15, 0.2) is 29.2 Å². The predicted molar refractivity (Wildman–Crippen MR) is 105 cm³/mol. The molecule has 0 spiro atoms. The van der Waals surface area contributed by atoms with Gasteiger partial charge in [-0.25, -0.2) is 25.5 Å². The average molecular weight is 448 g/mol. The molecule has 2 unspecified atom stereocenters. The number of benzene rings is 1. The van der Waals surface area contributed by atoms with Gasteiger partial charge in [0.1, 0.15) is 5.82 Å². The molecule has 2 saturated heterocycles. The Hall–Kier alpha value is -1.56. The molecule has 0 radical (unpaired) electrons. The molecule has 1 aromatic rings. The first-order valence-electron chi connectivity index (χ1n) is 9.58. The van der Waals surface area contributed by atoms with Gasteiger partial charge >= 0.3 is 0 Å². The van der Waals surface area contributed by atoms with Crippen molar-refractivity contribution in [1.29, 1.82) is 0 Å². The smallest absolute Gasteiger partial charge is 0.243 e. The number of hydrogen-bond acceptors (Lipinski definition) is 5. The van der Waals surface area contributed by atoms with Gasteiger partial charge < -0.3 is 5.32 Å². The zero-order chi connectivity index (χ0) is 21.2. The highest BCUT2D eigenvalue weighted by Gasteiger charge is 2.35. The SMILES string of the molecule is CS(=O)(=O)N1CCCC(NC(=O)C2CCCN(S(=O)(=O)c3ccc(F)cc3)C2)C1. The first-order valence-corrected chi connectivity index (χ1v) is 12.9. The van der Waals surface area contributed by atoms with E-state index < -0.39 is 31.8 Å². The van der Waals surface area contributed by atoms with Crippen LogP contribution in [0.2, 0.25) is 0 Å². The highest BCUT2D eigenvalue weighted by Crippen LogP contribution is 2.24. The molecule has 162 valence electrons. The van der Waals surface area contributed by atoms with E-state index >= 15 is 0 Å². The summed E-state index contributed by atoms with van der Waals surface area (Å²) in [5.41, 5.74) is 0.